The van der Waals surface area contributed by atoms with Crippen molar-refractivity contribution >= 4 is 111 Å². The van der Waals surface area contributed by atoms with Crippen LogP contribution >= 0.6 is 15.9 Å². The molecule has 4 heterocycles. The van der Waals surface area contributed by atoms with E-state index < -0.39 is 205 Å². The van der Waals surface area contributed by atoms with Gasteiger partial charge in [0, 0.05) is 41.2 Å². The number of allylic oxidation sites excluding steroid dienone is 4. The maximum atomic E-state index is 14.6. The normalized spacial score (nSPS) is 17.5. The largest absolute Gasteiger partial charge is 0.490 e. The summed E-state index contributed by atoms with van der Waals surface area (Å²) in [4.78, 5) is 75.9. The molecule has 11 aromatic carbocycles. The highest BCUT2D eigenvalue weighted by molar-refractivity contribution is 9.10. The van der Waals surface area contributed by atoms with Crippen molar-refractivity contribution in [3.63, 3.8) is 0 Å². The second kappa shape index (κ2) is 46.4. The molecule has 1 N–H and O–H groups in total. The summed E-state index contributed by atoms with van der Waals surface area (Å²) < 4.78 is 315. The van der Waals surface area contributed by atoms with Gasteiger partial charge in [0.15, 0.2) is 84.5 Å². The molecule has 11 aromatic rings. The number of carboxylic acid groups (broad SMARTS) is 1. The molecule has 0 unspecified atom stereocenters. The third-order valence-electron chi connectivity index (χ3n) is 27.2. The van der Waals surface area contributed by atoms with E-state index in [4.69, 9.17) is 18.8 Å². The molecule has 18 rings (SSSR count). The highest BCUT2D eigenvalue weighted by Crippen LogP contribution is 2.45. The number of nitrogens with zero attached hydrogens (tertiary/aromatic N) is 6. The van der Waals surface area contributed by atoms with Crippen LogP contribution in [0.2, 0.25) is 0 Å². The number of hydrogen-bond donors (Lipinski definition) is 1. The Bertz CT molecular complexity index is 7310. The summed E-state index contributed by atoms with van der Waals surface area (Å²) in [5, 5.41) is 9.25. The Balaban J connectivity index is 0.000000158. The summed E-state index contributed by atoms with van der Waals surface area (Å²) >= 11 is 3.32. The molecule has 4 saturated heterocycles. The fourth-order valence-electron chi connectivity index (χ4n) is 17.8. The highest BCUT2D eigenvalue weighted by atomic mass is 79.9. The maximum Gasteiger partial charge on any atom is 0.490 e. The lowest BCUT2D eigenvalue weighted by atomic mass is 9.78. The minimum Gasteiger partial charge on any atom is -0.478 e. The molecular formula is C107H95BBrF15N6O17S3. The van der Waals surface area contributed by atoms with Crippen LogP contribution in [0.15, 0.2) is 243 Å². The molecule has 0 spiro atoms. The number of carboxylic acids is 1. The van der Waals surface area contributed by atoms with Crippen molar-refractivity contribution in [2.24, 2.45) is 0 Å². The lowest BCUT2D eigenvalue weighted by Crippen LogP contribution is -2.59. The number of anilines is 3. The molecule has 3 amide bonds. The Kier molecular flexibility index (Phi) is 34.3. The number of benzene rings is 11. The van der Waals surface area contributed by atoms with E-state index in [1.807, 2.05) is 60.7 Å². The summed E-state index contributed by atoms with van der Waals surface area (Å²) in [5.41, 5.74) is 8.84. The Labute approximate surface area is 862 Å². The number of ether oxygens (including phenoxy) is 2. The second-order valence-corrected chi connectivity index (χ2v) is 43.6. The minimum atomic E-state index is -5.35. The Morgan fingerprint density at radius 1 is 0.373 bits per heavy atom. The van der Waals surface area contributed by atoms with Crippen molar-refractivity contribution in [3.8, 4) is 0 Å². The molecule has 0 bridgehead atoms. The van der Waals surface area contributed by atoms with Crippen molar-refractivity contribution in [3.05, 3.63) is 371 Å². The third-order valence-corrected chi connectivity index (χ3v) is 33.5. The van der Waals surface area contributed by atoms with E-state index in [1.54, 1.807) is 72.8 Å². The minimum absolute atomic E-state index is 0.0324. The Morgan fingerprint density at radius 2 is 0.680 bits per heavy atom. The van der Waals surface area contributed by atoms with Gasteiger partial charge in [-0.1, -0.05) is 162 Å². The number of hydrogen-bond acceptors (Lipinski definition) is 16. The summed E-state index contributed by atoms with van der Waals surface area (Å²) in [5.74, 6) is -41.6. The SMILES string of the molecule is CC1(C)OB(C2=CCCC2)OC1(C)C.O=C(O)c1ccc(N(Cc2ccc(C3CCCC3)cc2)C(=O)[C@H]2CCN2S(=O)(=O)c2c(F)c(F)c(F)c(F)c2F)cc1.O=C(OCc1ccccc1)c1ccc(N(Cc2ccc(Br)cc2)C(=O)[C@H]2CCN2S(=O)(=O)c2c(F)c(F)c(F)c(F)c2F)cc1.O=C(OCc1ccccc1)c1ccc(N(Cc2ccc(C3=CCCC3)cc2)C(=O)[C@H]2CCN2S(=O)(=O)c2c(F)c(F)c(F)c(F)c2F)cc1. The number of amides is 3. The van der Waals surface area contributed by atoms with Gasteiger partial charge < -0.3 is 38.6 Å². The fourth-order valence-corrected chi connectivity index (χ4v) is 23.3. The van der Waals surface area contributed by atoms with Crippen LogP contribution in [0.1, 0.15) is 187 Å². The predicted octanol–water partition coefficient (Wildman–Crippen LogP) is 22.3. The van der Waals surface area contributed by atoms with Crippen LogP contribution in [0.3, 0.4) is 0 Å². The summed E-state index contributed by atoms with van der Waals surface area (Å²) in [6.07, 6.45) is 15.2. The smallest absolute Gasteiger partial charge is 0.478 e. The first-order valence-corrected chi connectivity index (χ1v) is 52.5. The molecule has 43 heteroatoms. The number of esters is 2. The van der Waals surface area contributed by atoms with Gasteiger partial charge >= 0.3 is 25.0 Å². The lowest BCUT2D eigenvalue weighted by Gasteiger charge is -2.41. The summed E-state index contributed by atoms with van der Waals surface area (Å²) in [6.45, 7) is 7.04. The van der Waals surface area contributed by atoms with E-state index in [2.05, 4.69) is 55.8 Å². The number of carbonyl (C=O) groups excluding carboxylic acids is 5. The van der Waals surface area contributed by atoms with Crippen LogP contribution in [0.25, 0.3) is 5.57 Å². The third kappa shape index (κ3) is 23.6. The van der Waals surface area contributed by atoms with Gasteiger partial charge in [0.1, 0.15) is 31.3 Å². The topological polar surface area (TPSA) is 281 Å². The van der Waals surface area contributed by atoms with Crippen molar-refractivity contribution in [1.82, 2.24) is 12.9 Å². The van der Waals surface area contributed by atoms with Gasteiger partial charge in [0.25, 0.3) is 0 Å². The Morgan fingerprint density at radius 3 is 0.980 bits per heavy atom. The average Bonchev–Trinajstić information content (AvgIpc) is 1.43. The zero-order valence-corrected chi connectivity index (χ0v) is 84.5. The zero-order chi connectivity index (χ0) is 108. The first-order chi connectivity index (χ1) is 71.2. The van der Waals surface area contributed by atoms with Gasteiger partial charge in [-0.25, -0.2) is 105 Å². The molecule has 0 radical (unpaired) electrons. The number of aromatic carboxylic acids is 1. The number of sulfonamides is 3. The highest BCUT2D eigenvalue weighted by Gasteiger charge is 2.55. The van der Waals surface area contributed by atoms with Crippen molar-refractivity contribution in [2.45, 2.75) is 194 Å². The molecule has 1 saturated carbocycles. The molecule has 4 aliphatic heterocycles. The molecule has 3 atom stereocenters. The van der Waals surface area contributed by atoms with E-state index in [0.717, 1.165) is 78.1 Å². The number of halogens is 16. The quantitative estimate of drug-likeness (QED) is 0.0157. The monoisotopic (exact) mass is 2210 g/mol. The summed E-state index contributed by atoms with van der Waals surface area (Å²) in [6, 6.07) is 52.0. The van der Waals surface area contributed by atoms with E-state index in [1.165, 1.54) is 111 Å². The van der Waals surface area contributed by atoms with E-state index in [0.29, 0.717) is 35.5 Å². The van der Waals surface area contributed by atoms with Crippen molar-refractivity contribution in [1.29, 1.82) is 0 Å². The summed E-state index contributed by atoms with van der Waals surface area (Å²) in [7, 11) is -16.1. The molecule has 788 valence electrons. The van der Waals surface area contributed by atoms with Crippen LogP contribution in [0.5, 0.6) is 0 Å². The zero-order valence-electron chi connectivity index (χ0n) is 80.5. The van der Waals surface area contributed by atoms with Gasteiger partial charge in [-0.05, 0) is 239 Å². The molecule has 3 aliphatic carbocycles. The van der Waals surface area contributed by atoms with Crippen LogP contribution < -0.4 is 14.7 Å². The molecule has 7 aliphatic rings. The average molecular weight is 2210 g/mol. The molecule has 23 nitrogen and oxygen atoms in total. The van der Waals surface area contributed by atoms with Crippen LogP contribution in [0.4, 0.5) is 82.9 Å². The molecule has 150 heavy (non-hydrogen) atoms. The van der Waals surface area contributed by atoms with Gasteiger partial charge in [0.2, 0.25) is 65.2 Å². The van der Waals surface area contributed by atoms with Crippen molar-refractivity contribution < 1.29 is 144 Å². The predicted molar refractivity (Wildman–Crippen MR) is 525 cm³/mol. The lowest BCUT2D eigenvalue weighted by molar-refractivity contribution is -0.125. The van der Waals surface area contributed by atoms with Crippen LogP contribution in [0, 0.1) is 87.3 Å². The number of rotatable bonds is 28. The van der Waals surface area contributed by atoms with E-state index in [9.17, 15) is 125 Å². The second-order valence-electron chi connectivity index (χ2n) is 37.2. The van der Waals surface area contributed by atoms with Gasteiger partial charge in [-0.2, -0.15) is 12.9 Å². The van der Waals surface area contributed by atoms with E-state index >= 15 is 0 Å². The standard InChI is InChI=1S/C36H29F5N2O5S.C31H22BrF5N2O5S.C29H25F5N2O5S.C11H19BO2/c37-29-30(38)32(40)34(33(41)31(29)39)49(46,47)43-19-18-28(43)35(44)42(20-22-10-12-25(13-11-22)24-8-4-5-9-24)27-16-14-26(15-17-27)36(45)48-21-23-6-2-1-3-7-23;32-21-10-6-18(7-11-21)16-38(22-12-8-20(9-13-22)31(41)44-17-19-4-2-1-3-5-19)30(40)23-14-15-39(23)45(42,43)29-27(36)25(34)24(33)26(35)28(29)37;30-22-23(31)25(33)27(26(34)24(22)32)42(40,41)36-14-13-21(36)28(37)35(20-11-9-19(10-12-20)29(38)39)15-16-5-7-18(8-6-16)17-3-1-2-4-17;1-10(2)11(3,4)14-12(13-10)9-7-5-6-8-9/h1-3,6-8,10-17,28H,4-5,9,18-21H2;1-13,23H,14-17H2;5-12,17,21H,1-4,13-15H2,(H,38,39);7H,5-6,8H2,1-4H3/t28-;23-;21-;/m111./s1. The molecule has 5 fully saturated rings. The fraction of sp³-hybridized carbons (Fsp3) is 0.290. The molecular weight excluding hydrogens is 2110 g/mol. The van der Waals surface area contributed by atoms with Gasteiger partial charge in [-0.15, -0.1) is 0 Å². The molecule has 0 aromatic heterocycles. The number of carbonyl (C=O) groups is 6. The van der Waals surface area contributed by atoms with Crippen molar-refractivity contribution in [2.75, 3.05) is 34.3 Å². The first kappa shape index (κ1) is 111. The maximum absolute atomic E-state index is 14.6. The van der Waals surface area contributed by atoms with E-state index in [-0.39, 0.29) is 104 Å². The van der Waals surface area contributed by atoms with Gasteiger partial charge in [-0.3, -0.25) is 14.4 Å². The first-order valence-electron chi connectivity index (χ1n) is 47.4. The van der Waals surface area contributed by atoms with Gasteiger partial charge in [0.05, 0.1) is 47.5 Å². The van der Waals surface area contributed by atoms with Crippen LogP contribution in [-0.4, -0.2) is 135 Å². The Hall–Kier alpha value is -13.1. The van der Waals surface area contributed by atoms with Crippen LogP contribution in [-0.2, 0) is 96.1 Å².